The van der Waals surface area contributed by atoms with Crippen molar-refractivity contribution in [3.63, 3.8) is 0 Å². The first-order valence-corrected chi connectivity index (χ1v) is 9.51. The van der Waals surface area contributed by atoms with E-state index in [1.165, 1.54) is 44.7 Å². The van der Waals surface area contributed by atoms with E-state index in [-0.39, 0.29) is 34.7 Å². The van der Waals surface area contributed by atoms with Gasteiger partial charge in [0.15, 0.2) is 23.1 Å². The smallest absolute Gasteiger partial charge is 0.188 e. The molecule has 0 saturated carbocycles. The van der Waals surface area contributed by atoms with Crippen molar-refractivity contribution >= 4 is 11.6 Å². The van der Waals surface area contributed by atoms with Crippen LogP contribution in [0.4, 0.5) is 8.78 Å². The Labute approximate surface area is 178 Å². The van der Waals surface area contributed by atoms with Crippen LogP contribution in [-0.2, 0) is 6.42 Å². The van der Waals surface area contributed by atoms with Gasteiger partial charge < -0.3 is 9.47 Å². The molecule has 0 radical (unpaired) electrons. The first kappa shape index (κ1) is 22.1. The average molecular weight is 425 g/mol. The number of carbonyl (C=O) groups excluding carboxylic acids is 2. The van der Waals surface area contributed by atoms with E-state index in [0.717, 1.165) is 5.56 Å². The number of benzene rings is 2. The number of ether oxygens (including phenoxy) is 2. The fraction of sp³-hybridized carbons (Fsp3) is 0.208. The van der Waals surface area contributed by atoms with Crippen LogP contribution in [0.5, 0.6) is 11.5 Å². The minimum Gasteiger partial charge on any atom is -0.493 e. The van der Waals surface area contributed by atoms with Crippen molar-refractivity contribution in [1.29, 1.82) is 0 Å². The van der Waals surface area contributed by atoms with Gasteiger partial charge in [0.05, 0.1) is 26.2 Å². The molecule has 0 N–H and O–H groups in total. The molecule has 160 valence electrons. The maximum Gasteiger partial charge on any atom is 0.188 e. The number of hydrogen-bond donors (Lipinski definition) is 0. The van der Waals surface area contributed by atoms with Crippen LogP contribution in [0.15, 0.2) is 48.7 Å². The summed E-state index contributed by atoms with van der Waals surface area (Å²) in [5, 5.41) is 0. The van der Waals surface area contributed by atoms with E-state index in [1.807, 2.05) is 6.92 Å². The second-order valence-electron chi connectivity index (χ2n) is 7.00. The molecule has 0 amide bonds. The zero-order valence-corrected chi connectivity index (χ0v) is 17.4. The molecule has 0 unspecified atom stereocenters. The van der Waals surface area contributed by atoms with Gasteiger partial charge in [0.25, 0.3) is 0 Å². The second-order valence-corrected chi connectivity index (χ2v) is 7.00. The Bertz CT molecular complexity index is 1120. The molecule has 2 aromatic carbocycles. The minimum absolute atomic E-state index is 0.0922. The average Bonchev–Trinajstić information content (AvgIpc) is 2.75. The lowest BCUT2D eigenvalue weighted by Gasteiger charge is -2.15. The van der Waals surface area contributed by atoms with Crippen molar-refractivity contribution in [3.05, 3.63) is 88.2 Å². The van der Waals surface area contributed by atoms with Gasteiger partial charge in [0, 0.05) is 18.2 Å². The Morgan fingerprint density at radius 1 is 0.968 bits per heavy atom. The van der Waals surface area contributed by atoms with Gasteiger partial charge in [-0.15, -0.1) is 0 Å². The summed E-state index contributed by atoms with van der Waals surface area (Å²) in [6.07, 6.45) is 0.959. The Hall–Kier alpha value is -3.61. The van der Waals surface area contributed by atoms with Crippen LogP contribution in [0, 0.1) is 18.6 Å². The first-order chi connectivity index (χ1) is 14.8. The number of aromatic nitrogens is 1. The molecule has 0 bridgehead atoms. The molecule has 0 aliphatic rings. The van der Waals surface area contributed by atoms with Gasteiger partial charge in [-0.3, -0.25) is 14.6 Å². The third kappa shape index (κ3) is 4.94. The molecule has 1 heterocycles. The molecule has 0 atom stereocenters. The monoisotopic (exact) mass is 425 g/mol. The molecule has 31 heavy (non-hydrogen) atoms. The van der Waals surface area contributed by atoms with Crippen molar-refractivity contribution in [2.45, 2.75) is 19.8 Å². The molecular formula is C24H21F2NO4. The molecule has 5 nitrogen and oxygen atoms in total. The zero-order valence-electron chi connectivity index (χ0n) is 17.4. The van der Waals surface area contributed by atoms with Gasteiger partial charge in [-0.25, -0.2) is 8.78 Å². The Morgan fingerprint density at radius 2 is 1.68 bits per heavy atom. The third-order valence-electron chi connectivity index (χ3n) is 4.80. The summed E-state index contributed by atoms with van der Waals surface area (Å²) in [6, 6.07) is 9.97. The number of methoxy groups -OCH3 is 2. The summed E-state index contributed by atoms with van der Waals surface area (Å²) in [7, 11) is 2.76. The quantitative estimate of drug-likeness (QED) is 0.386. The number of pyridine rings is 1. The molecule has 3 aromatic rings. The van der Waals surface area contributed by atoms with Gasteiger partial charge in [0.2, 0.25) is 0 Å². The highest BCUT2D eigenvalue weighted by atomic mass is 19.1. The van der Waals surface area contributed by atoms with Crippen LogP contribution >= 0.6 is 0 Å². The largest absolute Gasteiger partial charge is 0.493 e. The highest BCUT2D eigenvalue weighted by molar-refractivity contribution is 6.14. The predicted molar refractivity (Wildman–Crippen MR) is 111 cm³/mol. The standard InChI is InChI=1S/C24H21F2NO4/c1-14-7-8-27-20(9-14)22(29)13-21(28)17-11-15(12-23(30-2)24(17)31-3)10-16-18(25)5-4-6-19(16)26/h4-9,11-12H,10,13H2,1-3H3. The SMILES string of the molecule is COc1cc(Cc2c(F)cccc2F)cc(C(=O)CC(=O)c2cc(C)ccn2)c1OC. The van der Waals surface area contributed by atoms with Gasteiger partial charge >= 0.3 is 0 Å². The molecule has 0 fully saturated rings. The normalized spacial score (nSPS) is 10.6. The summed E-state index contributed by atoms with van der Waals surface area (Å²) in [4.78, 5) is 29.5. The summed E-state index contributed by atoms with van der Waals surface area (Å²) in [5.41, 5.74) is 1.43. The molecular weight excluding hydrogens is 404 g/mol. The lowest BCUT2D eigenvalue weighted by atomic mass is 9.96. The predicted octanol–water partition coefficient (Wildman–Crippen LogP) is 4.73. The van der Waals surface area contributed by atoms with Crippen molar-refractivity contribution in [2.75, 3.05) is 14.2 Å². The Kier molecular flexibility index (Phi) is 6.74. The molecule has 7 heteroatoms. The summed E-state index contributed by atoms with van der Waals surface area (Å²) >= 11 is 0. The fourth-order valence-corrected chi connectivity index (χ4v) is 3.26. The van der Waals surface area contributed by atoms with Crippen LogP contribution in [0.3, 0.4) is 0 Å². The van der Waals surface area contributed by atoms with Gasteiger partial charge in [-0.05, 0) is 54.4 Å². The number of aryl methyl sites for hydroxylation is 1. The van der Waals surface area contributed by atoms with E-state index in [9.17, 15) is 18.4 Å². The number of ketones is 2. The van der Waals surface area contributed by atoms with Gasteiger partial charge in [-0.1, -0.05) is 6.07 Å². The van der Waals surface area contributed by atoms with Crippen LogP contribution < -0.4 is 9.47 Å². The van der Waals surface area contributed by atoms with E-state index in [0.29, 0.717) is 5.56 Å². The van der Waals surface area contributed by atoms with E-state index < -0.39 is 29.6 Å². The Balaban J connectivity index is 1.97. The topological polar surface area (TPSA) is 65.5 Å². The van der Waals surface area contributed by atoms with E-state index in [1.54, 1.807) is 18.2 Å². The highest BCUT2D eigenvalue weighted by Crippen LogP contribution is 2.35. The van der Waals surface area contributed by atoms with Crippen LogP contribution in [0.2, 0.25) is 0 Å². The van der Waals surface area contributed by atoms with Gasteiger partial charge in [0.1, 0.15) is 17.3 Å². The van der Waals surface area contributed by atoms with Crippen molar-refractivity contribution in [2.24, 2.45) is 0 Å². The maximum atomic E-state index is 14.1. The highest BCUT2D eigenvalue weighted by Gasteiger charge is 2.23. The van der Waals surface area contributed by atoms with Gasteiger partial charge in [-0.2, -0.15) is 0 Å². The van der Waals surface area contributed by atoms with Crippen molar-refractivity contribution < 1.29 is 27.8 Å². The second kappa shape index (κ2) is 9.47. The molecule has 0 aliphatic carbocycles. The number of hydrogen-bond acceptors (Lipinski definition) is 5. The van der Waals surface area contributed by atoms with Crippen LogP contribution in [-0.4, -0.2) is 30.8 Å². The maximum absolute atomic E-state index is 14.1. The van der Waals surface area contributed by atoms with E-state index >= 15 is 0 Å². The number of halogens is 2. The third-order valence-corrected chi connectivity index (χ3v) is 4.80. The molecule has 0 aliphatic heterocycles. The van der Waals surface area contributed by atoms with E-state index in [4.69, 9.17) is 9.47 Å². The summed E-state index contributed by atoms with van der Waals surface area (Å²) in [5.74, 6) is -1.97. The van der Waals surface area contributed by atoms with E-state index in [2.05, 4.69) is 4.98 Å². The molecule has 0 spiro atoms. The fourth-order valence-electron chi connectivity index (χ4n) is 3.26. The minimum atomic E-state index is -0.691. The summed E-state index contributed by atoms with van der Waals surface area (Å²) in [6.45, 7) is 1.82. The van der Waals surface area contributed by atoms with Crippen molar-refractivity contribution in [3.8, 4) is 11.5 Å². The lowest BCUT2D eigenvalue weighted by molar-refractivity contribution is 0.0889. The summed E-state index contributed by atoms with van der Waals surface area (Å²) < 4.78 is 38.8. The number of nitrogens with zero attached hydrogens (tertiary/aromatic N) is 1. The molecule has 3 rings (SSSR count). The van der Waals surface area contributed by atoms with Crippen LogP contribution in [0.1, 0.15) is 44.0 Å². The van der Waals surface area contributed by atoms with Crippen LogP contribution in [0.25, 0.3) is 0 Å². The molecule has 1 aromatic heterocycles. The zero-order chi connectivity index (χ0) is 22.5. The number of Topliss-reactive ketones (excluding diaryl/α,β-unsaturated/α-hetero) is 2. The Morgan fingerprint density at radius 3 is 2.29 bits per heavy atom. The first-order valence-electron chi connectivity index (χ1n) is 9.51. The number of rotatable bonds is 8. The van der Waals surface area contributed by atoms with Crippen molar-refractivity contribution in [1.82, 2.24) is 4.98 Å². The number of carbonyl (C=O) groups is 2. The molecule has 0 saturated heterocycles. The lowest BCUT2D eigenvalue weighted by Crippen LogP contribution is -2.12.